The lowest BCUT2D eigenvalue weighted by molar-refractivity contribution is 0.305. The largest absolute Gasteiger partial charge is 0.489 e. The van der Waals surface area contributed by atoms with Crippen molar-refractivity contribution in [3.63, 3.8) is 0 Å². The number of hydrogen-bond acceptors (Lipinski definition) is 2. The van der Waals surface area contributed by atoms with Gasteiger partial charge in [-0.15, -0.1) is 0 Å². The van der Waals surface area contributed by atoms with E-state index in [1.54, 1.807) is 12.1 Å². The average molecular weight is 292 g/mol. The molecular formula is C15H14ClNOS. The Hall–Kier alpha value is -1.58. The highest BCUT2D eigenvalue weighted by molar-refractivity contribution is 7.80. The van der Waals surface area contributed by atoms with E-state index in [0.717, 1.165) is 5.56 Å². The molecule has 0 amide bonds. The van der Waals surface area contributed by atoms with E-state index in [9.17, 15) is 0 Å². The number of aryl methyl sites for hydroxylation is 1. The molecule has 4 heteroatoms. The molecule has 0 aliphatic rings. The first-order valence-electron chi connectivity index (χ1n) is 5.84. The van der Waals surface area contributed by atoms with Crippen molar-refractivity contribution in [2.24, 2.45) is 5.73 Å². The van der Waals surface area contributed by atoms with Crippen molar-refractivity contribution in [2.75, 3.05) is 0 Å². The van der Waals surface area contributed by atoms with Crippen LogP contribution in [0, 0.1) is 6.92 Å². The SMILES string of the molecule is Cc1ccccc1COc1ccc(C(N)=S)c(Cl)c1. The Morgan fingerprint density at radius 1 is 1.26 bits per heavy atom. The Labute approximate surface area is 123 Å². The van der Waals surface area contributed by atoms with E-state index < -0.39 is 0 Å². The summed E-state index contributed by atoms with van der Waals surface area (Å²) in [6.45, 7) is 2.57. The van der Waals surface area contributed by atoms with Crippen LogP contribution >= 0.6 is 23.8 Å². The van der Waals surface area contributed by atoms with E-state index in [4.69, 9.17) is 34.3 Å². The van der Waals surface area contributed by atoms with E-state index in [-0.39, 0.29) is 4.99 Å². The molecule has 0 spiro atoms. The molecule has 98 valence electrons. The molecule has 0 saturated carbocycles. The minimum atomic E-state index is 0.287. The van der Waals surface area contributed by atoms with Gasteiger partial charge in [0.15, 0.2) is 0 Å². The molecule has 0 aliphatic heterocycles. The van der Waals surface area contributed by atoms with Gasteiger partial charge in [0, 0.05) is 5.56 Å². The second kappa shape index (κ2) is 6.04. The van der Waals surface area contributed by atoms with Crippen LogP contribution in [0.25, 0.3) is 0 Å². The monoisotopic (exact) mass is 291 g/mol. The van der Waals surface area contributed by atoms with Crippen molar-refractivity contribution in [3.8, 4) is 5.75 Å². The molecule has 0 saturated heterocycles. The minimum Gasteiger partial charge on any atom is -0.489 e. The summed E-state index contributed by atoms with van der Waals surface area (Å²) >= 11 is 11.0. The normalized spacial score (nSPS) is 10.2. The van der Waals surface area contributed by atoms with Gasteiger partial charge in [-0.3, -0.25) is 0 Å². The van der Waals surface area contributed by atoms with Gasteiger partial charge >= 0.3 is 0 Å². The van der Waals surface area contributed by atoms with Crippen LogP contribution in [-0.2, 0) is 6.61 Å². The summed E-state index contributed by atoms with van der Waals surface area (Å²) in [4.78, 5) is 0.287. The fraction of sp³-hybridized carbons (Fsp3) is 0.133. The molecule has 2 N–H and O–H groups in total. The zero-order valence-electron chi connectivity index (χ0n) is 10.5. The van der Waals surface area contributed by atoms with Crippen molar-refractivity contribution < 1.29 is 4.74 Å². The van der Waals surface area contributed by atoms with Crippen molar-refractivity contribution in [1.29, 1.82) is 0 Å². The summed E-state index contributed by atoms with van der Waals surface area (Å²) in [5.41, 5.74) is 8.57. The molecule has 0 aromatic heterocycles. The van der Waals surface area contributed by atoms with Crippen molar-refractivity contribution in [3.05, 3.63) is 64.2 Å². The van der Waals surface area contributed by atoms with E-state index in [2.05, 4.69) is 13.0 Å². The summed E-state index contributed by atoms with van der Waals surface area (Å²) in [7, 11) is 0. The highest BCUT2D eigenvalue weighted by Gasteiger charge is 2.05. The van der Waals surface area contributed by atoms with Gasteiger partial charge < -0.3 is 10.5 Å². The molecule has 19 heavy (non-hydrogen) atoms. The van der Waals surface area contributed by atoms with Gasteiger partial charge in [-0.2, -0.15) is 0 Å². The summed E-state index contributed by atoms with van der Waals surface area (Å²) in [5.74, 6) is 0.702. The van der Waals surface area contributed by atoms with E-state index in [1.807, 2.05) is 24.3 Å². The van der Waals surface area contributed by atoms with E-state index >= 15 is 0 Å². The lowest BCUT2D eigenvalue weighted by Crippen LogP contribution is -2.09. The molecule has 2 rings (SSSR count). The van der Waals surface area contributed by atoms with Crippen molar-refractivity contribution in [2.45, 2.75) is 13.5 Å². The molecule has 0 radical (unpaired) electrons. The first kappa shape index (κ1) is 13.8. The van der Waals surface area contributed by atoms with E-state index in [1.165, 1.54) is 5.56 Å². The first-order chi connectivity index (χ1) is 9.08. The summed E-state index contributed by atoms with van der Waals surface area (Å²) in [5, 5.41) is 0.509. The number of halogens is 1. The zero-order valence-corrected chi connectivity index (χ0v) is 12.1. The summed E-state index contributed by atoms with van der Waals surface area (Å²) in [6, 6.07) is 13.4. The minimum absolute atomic E-state index is 0.287. The zero-order chi connectivity index (χ0) is 13.8. The maximum absolute atomic E-state index is 6.09. The highest BCUT2D eigenvalue weighted by Crippen LogP contribution is 2.23. The molecule has 0 bridgehead atoms. The molecule has 0 fully saturated rings. The molecule has 2 nitrogen and oxygen atoms in total. The number of thiocarbonyl (C=S) groups is 1. The number of benzene rings is 2. The van der Waals surface area contributed by atoms with Crippen LogP contribution in [0.15, 0.2) is 42.5 Å². The number of rotatable bonds is 4. The first-order valence-corrected chi connectivity index (χ1v) is 6.63. The average Bonchev–Trinajstić information content (AvgIpc) is 2.37. The van der Waals surface area contributed by atoms with E-state index in [0.29, 0.717) is 22.9 Å². The van der Waals surface area contributed by atoms with Gasteiger partial charge in [-0.1, -0.05) is 48.1 Å². The maximum atomic E-state index is 6.09. The molecule has 0 atom stereocenters. The third-order valence-corrected chi connectivity index (χ3v) is 3.39. The Bertz CT molecular complexity index is 613. The lowest BCUT2D eigenvalue weighted by atomic mass is 10.1. The second-order valence-corrected chi connectivity index (χ2v) is 5.07. The van der Waals surface area contributed by atoms with Crippen LogP contribution in [0.3, 0.4) is 0 Å². The lowest BCUT2D eigenvalue weighted by Gasteiger charge is -2.10. The number of hydrogen-bond donors (Lipinski definition) is 1. The molecule has 0 heterocycles. The fourth-order valence-electron chi connectivity index (χ4n) is 1.72. The number of ether oxygens (including phenoxy) is 1. The topological polar surface area (TPSA) is 35.2 Å². The maximum Gasteiger partial charge on any atom is 0.121 e. The van der Waals surface area contributed by atoms with Crippen molar-refractivity contribution >= 4 is 28.8 Å². The predicted molar refractivity (Wildman–Crippen MR) is 82.9 cm³/mol. The van der Waals surface area contributed by atoms with Gasteiger partial charge in [-0.25, -0.2) is 0 Å². The Kier molecular flexibility index (Phi) is 4.40. The molecule has 2 aromatic rings. The van der Waals surface area contributed by atoms with Gasteiger partial charge in [0.25, 0.3) is 0 Å². The smallest absolute Gasteiger partial charge is 0.121 e. The quantitative estimate of drug-likeness (QED) is 0.869. The van der Waals surface area contributed by atoms with Gasteiger partial charge in [-0.05, 0) is 36.2 Å². The fourth-order valence-corrected chi connectivity index (χ4v) is 2.22. The highest BCUT2D eigenvalue weighted by atomic mass is 35.5. The van der Waals surface area contributed by atoms with Crippen LogP contribution in [0.5, 0.6) is 5.75 Å². The van der Waals surface area contributed by atoms with Crippen LogP contribution in [-0.4, -0.2) is 4.99 Å². The summed E-state index contributed by atoms with van der Waals surface area (Å²) < 4.78 is 5.72. The summed E-state index contributed by atoms with van der Waals surface area (Å²) in [6.07, 6.45) is 0. The third kappa shape index (κ3) is 3.46. The Balaban J connectivity index is 2.11. The van der Waals surface area contributed by atoms with Crippen molar-refractivity contribution in [1.82, 2.24) is 0 Å². The second-order valence-electron chi connectivity index (χ2n) is 4.22. The van der Waals surface area contributed by atoms with Crippen LogP contribution in [0.4, 0.5) is 0 Å². The molecular weight excluding hydrogens is 278 g/mol. The standard InChI is InChI=1S/C15H14ClNOS/c1-10-4-2-3-5-11(10)9-18-12-6-7-13(15(17)19)14(16)8-12/h2-8H,9H2,1H3,(H2,17,19). The Morgan fingerprint density at radius 2 is 2.00 bits per heavy atom. The van der Waals surface area contributed by atoms with Gasteiger partial charge in [0.05, 0.1) is 5.02 Å². The number of nitrogens with two attached hydrogens (primary N) is 1. The Morgan fingerprint density at radius 3 is 2.63 bits per heavy atom. The predicted octanol–water partition coefficient (Wildman–Crippen LogP) is 3.86. The van der Waals surface area contributed by atoms with Crippen LogP contribution in [0.1, 0.15) is 16.7 Å². The van der Waals surface area contributed by atoms with Crippen LogP contribution < -0.4 is 10.5 Å². The molecule has 2 aromatic carbocycles. The molecule has 0 unspecified atom stereocenters. The third-order valence-electron chi connectivity index (χ3n) is 2.86. The van der Waals surface area contributed by atoms with Gasteiger partial charge in [0.1, 0.15) is 17.3 Å². The van der Waals surface area contributed by atoms with Gasteiger partial charge in [0.2, 0.25) is 0 Å². The molecule has 0 aliphatic carbocycles. The van der Waals surface area contributed by atoms with Crippen LogP contribution in [0.2, 0.25) is 5.02 Å².